The summed E-state index contributed by atoms with van der Waals surface area (Å²) in [7, 11) is 2.84. The maximum atomic E-state index is 10.8. The van der Waals surface area contributed by atoms with E-state index in [0.717, 1.165) is 0 Å². The van der Waals surface area contributed by atoms with E-state index in [-0.39, 0.29) is 22.9 Å². The van der Waals surface area contributed by atoms with Crippen LogP contribution >= 0.6 is 31.9 Å². The summed E-state index contributed by atoms with van der Waals surface area (Å²) in [6.07, 6.45) is 1.41. The quantitative estimate of drug-likeness (QED) is 0.400. The summed E-state index contributed by atoms with van der Waals surface area (Å²) in [6.45, 7) is 0. The molecule has 126 valence electrons. The highest BCUT2D eigenvalue weighted by Crippen LogP contribution is 2.40. The number of phenols is 1. The standard InChI is InChI=1S/C15H12Br2N2O5/c1-23-12-5-8(19(21)22)3-4-11(12)18-7-9-14(17)10(16)6-13(24-2)15(9)20/h3-7,20H,1-2H3. The molecule has 0 aliphatic carbocycles. The van der Waals surface area contributed by atoms with Crippen LogP contribution in [0, 0.1) is 10.1 Å². The van der Waals surface area contributed by atoms with Crippen molar-refractivity contribution in [2.45, 2.75) is 0 Å². The number of aromatic hydroxyl groups is 1. The Balaban J connectivity index is 2.49. The summed E-state index contributed by atoms with van der Waals surface area (Å²) in [5.41, 5.74) is 0.675. The number of aliphatic imine (C=N–C) groups is 1. The van der Waals surface area contributed by atoms with Crippen LogP contribution in [0.2, 0.25) is 0 Å². The first-order valence-corrected chi connectivity index (χ1v) is 8.09. The van der Waals surface area contributed by atoms with Gasteiger partial charge in [0, 0.05) is 21.2 Å². The Hall–Kier alpha value is -2.13. The Morgan fingerprint density at radius 3 is 2.46 bits per heavy atom. The van der Waals surface area contributed by atoms with Crippen molar-refractivity contribution in [1.82, 2.24) is 0 Å². The fourth-order valence-corrected chi connectivity index (χ4v) is 2.73. The molecule has 0 aromatic heterocycles. The largest absolute Gasteiger partial charge is 0.504 e. The Bertz CT molecular complexity index is 824. The maximum Gasteiger partial charge on any atom is 0.273 e. The minimum atomic E-state index is -0.516. The molecule has 0 saturated carbocycles. The first-order chi connectivity index (χ1) is 11.4. The second kappa shape index (κ2) is 7.63. The second-order valence-electron chi connectivity index (χ2n) is 4.51. The number of nitrogens with zero attached hydrogens (tertiary/aromatic N) is 2. The summed E-state index contributed by atoms with van der Waals surface area (Å²) in [5.74, 6) is 0.442. The van der Waals surface area contributed by atoms with Gasteiger partial charge in [0.15, 0.2) is 17.2 Å². The van der Waals surface area contributed by atoms with Gasteiger partial charge in [0.25, 0.3) is 5.69 Å². The molecule has 0 aliphatic rings. The van der Waals surface area contributed by atoms with E-state index in [1.54, 1.807) is 6.07 Å². The molecule has 2 rings (SSSR count). The van der Waals surface area contributed by atoms with Gasteiger partial charge in [-0.3, -0.25) is 15.1 Å². The molecule has 0 fully saturated rings. The lowest BCUT2D eigenvalue weighted by Gasteiger charge is -2.10. The van der Waals surface area contributed by atoms with Crippen molar-refractivity contribution in [3.05, 3.63) is 48.9 Å². The predicted molar refractivity (Wildman–Crippen MR) is 97.0 cm³/mol. The number of non-ortho nitro benzene ring substituents is 1. The summed E-state index contributed by atoms with van der Waals surface area (Å²) in [4.78, 5) is 14.5. The Labute approximate surface area is 154 Å². The third-order valence-electron chi connectivity index (χ3n) is 3.12. The van der Waals surface area contributed by atoms with E-state index in [9.17, 15) is 15.2 Å². The molecule has 2 aromatic rings. The van der Waals surface area contributed by atoms with Gasteiger partial charge in [0.1, 0.15) is 5.69 Å². The Kier molecular flexibility index (Phi) is 5.79. The third-order valence-corrected chi connectivity index (χ3v) is 5.13. The molecular weight excluding hydrogens is 448 g/mol. The fourth-order valence-electron chi connectivity index (χ4n) is 1.91. The Morgan fingerprint density at radius 2 is 1.88 bits per heavy atom. The van der Waals surface area contributed by atoms with E-state index in [2.05, 4.69) is 36.9 Å². The minimum Gasteiger partial charge on any atom is -0.504 e. The molecule has 0 aliphatic heterocycles. The SMILES string of the molecule is COc1cc([N+](=O)[O-])ccc1N=Cc1c(O)c(OC)cc(Br)c1Br. The van der Waals surface area contributed by atoms with Crippen LogP contribution in [0.4, 0.5) is 11.4 Å². The lowest BCUT2D eigenvalue weighted by molar-refractivity contribution is -0.384. The van der Waals surface area contributed by atoms with E-state index in [1.165, 1.54) is 38.6 Å². The van der Waals surface area contributed by atoms with E-state index < -0.39 is 4.92 Å². The smallest absolute Gasteiger partial charge is 0.273 e. The molecule has 0 saturated heterocycles. The van der Waals surface area contributed by atoms with Crippen LogP contribution in [0.5, 0.6) is 17.2 Å². The van der Waals surface area contributed by atoms with E-state index >= 15 is 0 Å². The molecule has 0 unspecified atom stereocenters. The van der Waals surface area contributed by atoms with Crippen molar-refractivity contribution in [3.8, 4) is 17.2 Å². The summed E-state index contributed by atoms with van der Waals surface area (Å²) in [5, 5.41) is 21.0. The van der Waals surface area contributed by atoms with Gasteiger partial charge in [-0.15, -0.1) is 0 Å². The molecule has 0 bridgehead atoms. The second-order valence-corrected chi connectivity index (χ2v) is 6.16. The molecule has 24 heavy (non-hydrogen) atoms. The van der Waals surface area contributed by atoms with Crippen LogP contribution in [-0.2, 0) is 0 Å². The lowest BCUT2D eigenvalue weighted by atomic mass is 10.2. The Morgan fingerprint density at radius 1 is 1.21 bits per heavy atom. The summed E-state index contributed by atoms with van der Waals surface area (Å²) >= 11 is 6.71. The monoisotopic (exact) mass is 458 g/mol. The highest BCUT2D eigenvalue weighted by atomic mass is 79.9. The average molecular weight is 460 g/mol. The van der Waals surface area contributed by atoms with Gasteiger partial charge in [0.05, 0.1) is 30.8 Å². The molecule has 0 spiro atoms. The summed E-state index contributed by atoms with van der Waals surface area (Å²) in [6, 6.07) is 5.69. The number of nitro benzene ring substituents is 1. The zero-order valence-electron chi connectivity index (χ0n) is 12.6. The van der Waals surface area contributed by atoms with E-state index in [1.807, 2.05) is 0 Å². The average Bonchev–Trinajstić information content (AvgIpc) is 2.57. The third kappa shape index (κ3) is 3.68. The van der Waals surface area contributed by atoms with Gasteiger partial charge >= 0.3 is 0 Å². The number of methoxy groups -OCH3 is 2. The fraction of sp³-hybridized carbons (Fsp3) is 0.133. The van der Waals surface area contributed by atoms with Crippen molar-refractivity contribution >= 4 is 49.4 Å². The molecule has 9 heteroatoms. The molecule has 0 radical (unpaired) electrons. The molecule has 2 aromatic carbocycles. The first-order valence-electron chi connectivity index (χ1n) is 6.50. The van der Waals surface area contributed by atoms with Gasteiger partial charge in [-0.2, -0.15) is 0 Å². The van der Waals surface area contributed by atoms with Crippen molar-refractivity contribution in [3.63, 3.8) is 0 Å². The van der Waals surface area contributed by atoms with E-state index in [0.29, 0.717) is 20.2 Å². The van der Waals surface area contributed by atoms with Crippen molar-refractivity contribution < 1.29 is 19.5 Å². The number of benzene rings is 2. The number of ether oxygens (including phenoxy) is 2. The van der Waals surface area contributed by atoms with Gasteiger partial charge < -0.3 is 14.6 Å². The van der Waals surface area contributed by atoms with Crippen LogP contribution in [-0.4, -0.2) is 30.5 Å². The van der Waals surface area contributed by atoms with Crippen LogP contribution in [0.1, 0.15) is 5.56 Å². The molecule has 0 heterocycles. The van der Waals surface area contributed by atoms with Crippen LogP contribution in [0.3, 0.4) is 0 Å². The molecule has 1 N–H and O–H groups in total. The van der Waals surface area contributed by atoms with Crippen LogP contribution < -0.4 is 9.47 Å². The maximum absolute atomic E-state index is 10.8. The summed E-state index contributed by atoms with van der Waals surface area (Å²) < 4.78 is 11.5. The van der Waals surface area contributed by atoms with Gasteiger partial charge in [-0.1, -0.05) is 0 Å². The topological polar surface area (TPSA) is 94.2 Å². The number of phenolic OH excluding ortho intramolecular Hbond substituents is 1. The highest BCUT2D eigenvalue weighted by Gasteiger charge is 2.15. The van der Waals surface area contributed by atoms with Crippen LogP contribution in [0.25, 0.3) is 0 Å². The molecule has 0 amide bonds. The van der Waals surface area contributed by atoms with Crippen molar-refractivity contribution in [2.75, 3.05) is 14.2 Å². The van der Waals surface area contributed by atoms with E-state index in [4.69, 9.17) is 9.47 Å². The number of halogens is 2. The molecular formula is C15H12Br2N2O5. The minimum absolute atomic E-state index is 0.0859. The predicted octanol–water partition coefficient (Wildman–Crippen LogP) is 4.59. The lowest BCUT2D eigenvalue weighted by Crippen LogP contribution is -1.93. The van der Waals surface area contributed by atoms with Gasteiger partial charge in [-0.25, -0.2) is 0 Å². The first kappa shape index (κ1) is 18.2. The number of nitro groups is 1. The highest BCUT2D eigenvalue weighted by molar-refractivity contribution is 9.13. The zero-order valence-corrected chi connectivity index (χ0v) is 15.8. The molecule has 7 nitrogen and oxygen atoms in total. The van der Waals surface area contributed by atoms with Crippen molar-refractivity contribution in [1.29, 1.82) is 0 Å². The van der Waals surface area contributed by atoms with Crippen molar-refractivity contribution in [2.24, 2.45) is 4.99 Å². The number of hydrogen-bond acceptors (Lipinski definition) is 6. The number of rotatable bonds is 5. The molecule has 0 atom stereocenters. The normalized spacial score (nSPS) is 10.8. The van der Waals surface area contributed by atoms with Gasteiger partial charge in [0.2, 0.25) is 0 Å². The van der Waals surface area contributed by atoms with Gasteiger partial charge in [-0.05, 0) is 44.0 Å². The number of hydrogen-bond donors (Lipinski definition) is 1. The van der Waals surface area contributed by atoms with Crippen LogP contribution in [0.15, 0.2) is 38.2 Å². The zero-order chi connectivity index (χ0) is 17.9.